The molecule has 8 heteroatoms. The molecule has 2 heterocycles. The van der Waals surface area contributed by atoms with Gasteiger partial charge in [0.05, 0.1) is 22.6 Å². The highest BCUT2D eigenvalue weighted by Crippen LogP contribution is 2.49. The molecule has 1 atom stereocenters. The number of anilines is 1. The highest BCUT2D eigenvalue weighted by atomic mass is 32.1. The second kappa shape index (κ2) is 10.7. The summed E-state index contributed by atoms with van der Waals surface area (Å²) in [5, 5.41) is 6.28. The number of carbonyl (C=O) groups is 2. The normalized spacial score (nSPS) is 14.5. The third-order valence-corrected chi connectivity index (χ3v) is 8.74. The number of benzene rings is 2. The fourth-order valence-electron chi connectivity index (χ4n) is 4.62. The third-order valence-electron chi connectivity index (χ3n) is 6.89. The lowest BCUT2D eigenvalue weighted by Gasteiger charge is -2.15. The van der Waals surface area contributed by atoms with Crippen LogP contribution < -0.4 is 5.32 Å². The summed E-state index contributed by atoms with van der Waals surface area (Å²) in [6, 6.07) is 17.1. The van der Waals surface area contributed by atoms with Gasteiger partial charge in [0, 0.05) is 11.6 Å². The first kappa shape index (κ1) is 26.1. The summed E-state index contributed by atoms with van der Waals surface area (Å²) in [4.78, 5) is 25.6. The van der Waals surface area contributed by atoms with Crippen molar-refractivity contribution in [1.82, 2.24) is 0 Å². The molecule has 1 unspecified atom stereocenters. The summed E-state index contributed by atoms with van der Waals surface area (Å²) in [6.45, 7) is 5.99. The Morgan fingerprint density at radius 3 is 2.24 bits per heavy atom. The fourth-order valence-corrected chi connectivity index (χ4v) is 6.40. The van der Waals surface area contributed by atoms with Gasteiger partial charge in [0.1, 0.15) is 6.10 Å². The minimum atomic E-state index is -0.630. The van der Waals surface area contributed by atoms with Gasteiger partial charge in [-0.1, -0.05) is 48.5 Å². The molecule has 1 fully saturated rings. The Labute approximate surface area is 229 Å². The van der Waals surface area contributed by atoms with Crippen LogP contribution in [0.15, 0.2) is 65.4 Å². The highest BCUT2D eigenvalue weighted by Gasteiger charge is 2.52. The maximum atomic E-state index is 14.2. The Balaban J connectivity index is 1.29. The van der Waals surface area contributed by atoms with Gasteiger partial charge in [-0.3, -0.25) is 10.1 Å². The minimum absolute atomic E-state index is 0.149. The lowest BCUT2D eigenvalue weighted by atomic mass is 9.93. The van der Waals surface area contributed by atoms with Crippen LogP contribution in [0.4, 0.5) is 14.9 Å². The van der Waals surface area contributed by atoms with E-state index in [1.165, 1.54) is 6.07 Å². The Morgan fingerprint density at radius 2 is 1.66 bits per heavy atom. The fraction of sp³-hybridized carbons (Fsp3) is 0.267. The first-order valence-corrected chi connectivity index (χ1v) is 14.2. The van der Waals surface area contributed by atoms with E-state index in [0.717, 1.165) is 57.6 Å². The van der Waals surface area contributed by atoms with Crippen molar-refractivity contribution in [2.45, 2.75) is 45.1 Å². The monoisotopic (exact) mass is 549 g/mol. The number of hydrogen-bond donors (Lipinski definition) is 1. The maximum absolute atomic E-state index is 14.2. The number of halogens is 1. The highest BCUT2D eigenvalue weighted by molar-refractivity contribution is 7.14. The van der Waals surface area contributed by atoms with Gasteiger partial charge in [-0.05, 0) is 72.2 Å². The van der Waals surface area contributed by atoms with Crippen molar-refractivity contribution in [2.24, 2.45) is 0 Å². The molecule has 38 heavy (non-hydrogen) atoms. The number of carbonyl (C=O) groups excluding carboxylic acids is 2. The molecular weight excluding hydrogens is 521 g/mol. The Morgan fingerprint density at radius 1 is 1.03 bits per heavy atom. The molecule has 2 aromatic heterocycles. The van der Waals surface area contributed by atoms with Crippen LogP contribution in [0.3, 0.4) is 0 Å². The van der Waals surface area contributed by atoms with E-state index in [0.29, 0.717) is 17.2 Å². The molecule has 5 rings (SSSR count). The van der Waals surface area contributed by atoms with Crippen LogP contribution in [0.25, 0.3) is 21.6 Å². The SMILES string of the molecule is CCOC(=O)C1(c2ccc(-c3ccc(-c4sc(F)cc4NC(=O)OC(C)c4cscc4C)cc3)cc2)CC1. The predicted molar refractivity (Wildman–Crippen MR) is 150 cm³/mol. The van der Waals surface area contributed by atoms with E-state index < -0.39 is 22.7 Å². The topological polar surface area (TPSA) is 64.6 Å². The summed E-state index contributed by atoms with van der Waals surface area (Å²) in [5.41, 5.74) is 5.68. The lowest BCUT2D eigenvalue weighted by molar-refractivity contribution is -0.146. The standard InChI is InChI=1S/C30H28FNO4S2/c1-4-35-28(33)30(13-14-30)23-11-9-21(10-12-23)20-5-7-22(8-6-20)27-25(15-26(31)38-27)32-29(34)36-19(3)24-17-37-16-18(24)2/h5-12,15-17,19H,4,13-14H2,1-3H3,(H,32,34). The smallest absolute Gasteiger partial charge is 0.412 e. The Hall–Kier alpha value is -3.49. The van der Waals surface area contributed by atoms with Gasteiger partial charge in [0.15, 0.2) is 5.13 Å². The zero-order valence-corrected chi connectivity index (χ0v) is 23.0. The molecule has 0 radical (unpaired) electrons. The molecule has 0 aliphatic heterocycles. The van der Waals surface area contributed by atoms with E-state index in [1.54, 1.807) is 11.3 Å². The van der Waals surface area contributed by atoms with Crippen molar-refractivity contribution in [3.05, 3.63) is 87.2 Å². The second-order valence-corrected chi connectivity index (χ2v) is 11.2. The minimum Gasteiger partial charge on any atom is -0.465 e. The number of rotatable bonds is 8. The molecule has 1 aliphatic rings. The molecule has 1 saturated carbocycles. The van der Waals surface area contributed by atoms with Gasteiger partial charge in [0.25, 0.3) is 0 Å². The van der Waals surface area contributed by atoms with E-state index in [2.05, 4.69) is 5.32 Å². The number of amides is 1. The van der Waals surface area contributed by atoms with Gasteiger partial charge >= 0.3 is 12.1 Å². The zero-order chi connectivity index (χ0) is 26.9. The van der Waals surface area contributed by atoms with Crippen LogP contribution in [0, 0.1) is 12.1 Å². The Bertz CT molecular complexity index is 1450. The second-order valence-electron chi connectivity index (χ2n) is 9.43. The first-order chi connectivity index (χ1) is 18.3. The van der Waals surface area contributed by atoms with Crippen molar-refractivity contribution >= 4 is 40.4 Å². The van der Waals surface area contributed by atoms with Crippen LogP contribution in [0.2, 0.25) is 0 Å². The van der Waals surface area contributed by atoms with E-state index in [1.807, 2.05) is 80.1 Å². The molecule has 1 aliphatic carbocycles. The predicted octanol–water partition coefficient (Wildman–Crippen LogP) is 8.50. The van der Waals surface area contributed by atoms with E-state index in [-0.39, 0.29) is 5.97 Å². The summed E-state index contributed by atoms with van der Waals surface area (Å²) >= 11 is 2.53. The number of esters is 1. The number of hydrogen-bond acceptors (Lipinski definition) is 6. The molecule has 196 valence electrons. The van der Waals surface area contributed by atoms with Gasteiger partial charge in [0.2, 0.25) is 0 Å². The van der Waals surface area contributed by atoms with Gasteiger partial charge < -0.3 is 9.47 Å². The third kappa shape index (κ3) is 5.24. The average molecular weight is 550 g/mol. The van der Waals surface area contributed by atoms with Crippen LogP contribution in [0.5, 0.6) is 0 Å². The number of aryl methyl sites for hydroxylation is 1. The molecule has 1 amide bonds. The van der Waals surface area contributed by atoms with Crippen molar-refractivity contribution < 1.29 is 23.5 Å². The largest absolute Gasteiger partial charge is 0.465 e. The molecule has 0 saturated heterocycles. The van der Waals surface area contributed by atoms with Gasteiger partial charge in [-0.25, -0.2) is 4.79 Å². The van der Waals surface area contributed by atoms with Crippen LogP contribution in [-0.2, 0) is 19.7 Å². The summed E-state index contributed by atoms with van der Waals surface area (Å²) in [6.07, 6.45) is 0.586. The number of nitrogens with one attached hydrogen (secondary N) is 1. The Kier molecular flexibility index (Phi) is 7.36. The van der Waals surface area contributed by atoms with E-state index >= 15 is 0 Å². The van der Waals surface area contributed by atoms with Crippen molar-refractivity contribution in [3.63, 3.8) is 0 Å². The maximum Gasteiger partial charge on any atom is 0.412 e. The quantitative estimate of drug-likeness (QED) is 0.224. The number of thiophene rings is 2. The molecule has 1 N–H and O–H groups in total. The van der Waals surface area contributed by atoms with Gasteiger partial charge in [-0.2, -0.15) is 15.7 Å². The lowest BCUT2D eigenvalue weighted by Crippen LogP contribution is -2.23. The summed E-state index contributed by atoms with van der Waals surface area (Å²) < 4.78 is 25.0. The van der Waals surface area contributed by atoms with E-state index in [9.17, 15) is 14.0 Å². The average Bonchev–Trinajstić information content (AvgIpc) is 3.48. The number of ether oxygens (including phenoxy) is 2. The molecular formula is C30H28FNO4S2. The molecule has 0 spiro atoms. The molecule has 5 nitrogen and oxygen atoms in total. The van der Waals surface area contributed by atoms with Crippen molar-refractivity contribution in [3.8, 4) is 21.6 Å². The van der Waals surface area contributed by atoms with Crippen molar-refractivity contribution in [1.29, 1.82) is 0 Å². The van der Waals surface area contributed by atoms with Gasteiger partial charge in [-0.15, -0.1) is 11.3 Å². The van der Waals surface area contributed by atoms with E-state index in [4.69, 9.17) is 9.47 Å². The van der Waals surface area contributed by atoms with Crippen LogP contribution in [-0.4, -0.2) is 18.7 Å². The summed E-state index contributed by atoms with van der Waals surface area (Å²) in [5.74, 6) is -0.149. The van der Waals surface area contributed by atoms with Crippen LogP contribution >= 0.6 is 22.7 Å². The molecule has 2 aromatic carbocycles. The molecule has 4 aromatic rings. The first-order valence-electron chi connectivity index (χ1n) is 12.5. The molecule has 0 bridgehead atoms. The zero-order valence-electron chi connectivity index (χ0n) is 21.4. The summed E-state index contributed by atoms with van der Waals surface area (Å²) in [7, 11) is 0. The van der Waals surface area contributed by atoms with Crippen LogP contribution in [0.1, 0.15) is 49.5 Å². The van der Waals surface area contributed by atoms with Crippen molar-refractivity contribution in [2.75, 3.05) is 11.9 Å².